The van der Waals surface area contributed by atoms with E-state index >= 15 is 0 Å². The lowest BCUT2D eigenvalue weighted by atomic mass is 10.4. The van der Waals surface area contributed by atoms with Gasteiger partial charge in [-0.1, -0.05) is 11.6 Å². The van der Waals surface area contributed by atoms with E-state index in [0.717, 1.165) is 0 Å². The quantitative estimate of drug-likeness (QED) is 0.879. The molecule has 0 fully saturated rings. The number of aromatic nitrogens is 3. The van der Waals surface area contributed by atoms with Gasteiger partial charge in [-0.25, -0.2) is 0 Å². The molecule has 0 aliphatic rings. The summed E-state index contributed by atoms with van der Waals surface area (Å²) in [4.78, 5) is 3.89. The smallest absolute Gasteiger partial charge is 0.238 e. The van der Waals surface area contributed by atoms with E-state index in [4.69, 9.17) is 22.1 Å². The van der Waals surface area contributed by atoms with E-state index in [1.165, 1.54) is 6.20 Å². The molecule has 0 spiro atoms. The predicted molar refractivity (Wildman–Crippen MR) is 59.2 cm³/mol. The molecule has 2 N–H and O–H groups in total. The van der Waals surface area contributed by atoms with E-state index in [-0.39, 0.29) is 0 Å². The van der Waals surface area contributed by atoms with E-state index in [1.54, 1.807) is 24.4 Å². The van der Waals surface area contributed by atoms with Gasteiger partial charge in [-0.05, 0) is 6.07 Å². The number of halogens is 1. The molecule has 0 saturated heterocycles. The average Bonchev–Trinajstić information content (AvgIpc) is 2.30. The van der Waals surface area contributed by atoms with Gasteiger partial charge in [0.05, 0.1) is 16.9 Å². The van der Waals surface area contributed by atoms with Crippen molar-refractivity contribution in [3.63, 3.8) is 0 Å². The van der Waals surface area contributed by atoms with Gasteiger partial charge in [0.15, 0.2) is 0 Å². The van der Waals surface area contributed by atoms with E-state index in [0.29, 0.717) is 28.9 Å². The van der Waals surface area contributed by atoms with Crippen molar-refractivity contribution in [2.24, 2.45) is 5.73 Å². The first-order valence-corrected chi connectivity index (χ1v) is 4.97. The van der Waals surface area contributed by atoms with Crippen LogP contribution in [0.15, 0.2) is 30.6 Å². The first-order chi connectivity index (χ1) is 7.78. The van der Waals surface area contributed by atoms with Crippen molar-refractivity contribution >= 4 is 11.6 Å². The van der Waals surface area contributed by atoms with Crippen molar-refractivity contribution in [1.82, 2.24) is 15.2 Å². The summed E-state index contributed by atoms with van der Waals surface area (Å²) >= 11 is 5.76. The zero-order valence-corrected chi connectivity index (χ0v) is 9.05. The highest BCUT2D eigenvalue weighted by atomic mass is 35.5. The SMILES string of the molecule is NCc1ccc(Oc2cncc(Cl)c2)nn1. The van der Waals surface area contributed by atoms with Crippen LogP contribution < -0.4 is 10.5 Å². The molecule has 6 heteroatoms. The summed E-state index contributed by atoms with van der Waals surface area (Å²) in [5.74, 6) is 0.892. The van der Waals surface area contributed by atoms with Gasteiger partial charge in [0.25, 0.3) is 0 Å². The topological polar surface area (TPSA) is 73.9 Å². The third-order valence-corrected chi connectivity index (χ3v) is 2.01. The molecule has 0 aromatic carbocycles. The number of pyridine rings is 1. The molecule has 2 aromatic heterocycles. The van der Waals surface area contributed by atoms with E-state index in [2.05, 4.69) is 15.2 Å². The molecule has 0 bridgehead atoms. The Hall–Kier alpha value is -1.72. The molecule has 2 aromatic rings. The maximum atomic E-state index is 5.76. The summed E-state index contributed by atoms with van der Waals surface area (Å²) in [6, 6.07) is 5.09. The summed E-state index contributed by atoms with van der Waals surface area (Å²) in [5, 5.41) is 8.22. The number of nitrogens with two attached hydrogens (primary N) is 1. The minimum Gasteiger partial charge on any atom is -0.436 e. The van der Waals surface area contributed by atoms with Crippen LogP contribution in [0.1, 0.15) is 5.69 Å². The average molecular weight is 237 g/mol. The van der Waals surface area contributed by atoms with Gasteiger partial charge in [-0.15, -0.1) is 5.10 Å². The number of nitrogens with zero attached hydrogens (tertiary/aromatic N) is 3. The van der Waals surface area contributed by atoms with Crippen molar-refractivity contribution in [3.8, 4) is 11.6 Å². The Morgan fingerprint density at radius 2 is 2.12 bits per heavy atom. The monoisotopic (exact) mass is 236 g/mol. The highest BCUT2D eigenvalue weighted by Gasteiger charge is 2.00. The molecule has 82 valence electrons. The zero-order chi connectivity index (χ0) is 11.4. The lowest BCUT2D eigenvalue weighted by Gasteiger charge is -2.03. The molecule has 0 amide bonds. The molecule has 0 saturated carbocycles. The van der Waals surface area contributed by atoms with Gasteiger partial charge in [-0.2, -0.15) is 5.10 Å². The Kier molecular flexibility index (Phi) is 3.28. The second kappa shape index (κ2) is 4.87. The minimum atomic E-state index is 0.353. The third-order valence-electron chi connectivity index (χ3n) is 1.81. The summed E-state index contributed by atoms with van der Waals surface area (Å²) in [5.41, 5.74) is 6.11. The molecule has 16 heavy (non-hydrogen) atoms. The molecule has 5 nitrogen and oxygen atoms in total. The maximum absolute atomic E-state index is 5.76. The molecule has 0 unspecified atom stereocenters. The molecular formula is C10H9ClN4O. The first kappa shape index (κ1) is 10.8. The third kappa shape index (κ3) is 2.65. The van der Waals surface area contributed by atoms with Gasteiger partial charge in [-0.3, -0.25) is 4.98 Å². The van der Waals surface area contributed by atoms with Crippen LogP contribution in [0.3, 0.4) is 0 Å². The van der Waals surface area contributed by atoms with E-state index < -0.39 is 0 Å². The molecular weight excluding hydrogens is 228 g/mol. The maximum Gasteiger partial charge on any atom is 0.238 e. The fourth-order valence-electron chi connectivity index (χ4n) is 1.08. The summed E-state index contributed by atoms with van der Waals surface area (Å²) in [6.45, 7) is 0.353. The van der Waals surface area contributed by atoms with Crippen LogP contribution in [-0.4, -0.2) is 15.2 Å². The Labute approximate surface area is 97.2 Å². The molecule has 0 atom stereocenters. The van der Waals surface area contributed by atoms with Gasteiger partial charge in [0, 0.05) is 24.9 Å². The fraction of sp³-hybridized carbons (Fsp3) is 0.100. The standard InChI is InChI=1S/C10H9ClN4O/c11-7-3-9(6-13-5-7)16-10-2-1-8(4-12)14-15-10/h1-3,5-6H,4,12H2. The molecule has 0 radical (unpaired) electrons. The van der Waals surface area contributed by atoms with Crippen molar-refractivity contribution < 1.29 is 4.74 Å². The lowest BCUT2D eigenvalue weighted by molar-refractivity contribution is 0.452. The minimum absolute atomic E-state index is 0.353. The predicted octanol–water partition coefficient (Wildman–Crippen LogP) is 1.78. The van der Waals surface area contributed by atoms with Gasteiger partial charge in [0.2, 0.25) is 5.88 Å². The molecule has 2 rings (SSSR count). The Balaban J connectivity index is 2.14. The van der Waals surface area contributed by atoms with Crippen LogP contribution >= 0.6 is 11.6 Å². The Morgan fingerprint density at radius 3 is 2.75 bits per heavy atom. The highest BCUT2D eigenvalue weighted by Crippen LogP contribution is 2.20. The number of hydrogen-bond donors (Lipinski definition) is 1. The summed E-state index contributed by atoms with van der Waals surface area (Å²) in [7, 11) is 0. The van der Waals surface area contributed by atoms with Crippen LogP contribution in [0.5, 0.6) is 11.6 Å². The fourth-order valence-corrected chi connectivity index (χ4v) is 1.24. The van der Waals surface area contributed by atoms with Gasteiger partial charge in [0.1, 0.15) is 5.75 Å². The van der Waals surface area contributed by atoms with Crippen LogP contribution in [0.2, 0.25) is 5.02 Å². The lowest BCUT2D eigenvalue weighted by Crippen LogP contribution is -2.01. The van der Waals surface area contributed by atoms with Crippen molar-refractivity contribution in [2.75, 3.05) is 0 Å². The number of ether oxygens (including phenoxy) is 1. The first-order valence-electron chi connectivity index (χ1n) is 4.59. The van der Waals surface area contributed by atoms with Crippen LogP contribution in [-0.2, 0) is 6.54 Å². The normalized spacial score (nSPS) is 10.1. The van der Waals surface area contributed by atoms with E-state index in [1.807, 2.05) is 0 Å². The van der Waals surface area contributed by atoms with Gasteiger partial charge >= 0.3 is 0 Å². The summed E-state index contributed by atoms with van der Waals surface area (Å²) in [6.07, 6.45) is 3.07. The largest absolute Gasteiger partial charge is 0.436 e. The Bertz CT molecular complexity index is 475. The highest BCUT2D eigenvalue weighted by molar-refractivity contribution is 6.30. The molecule has 0 aliphatic heterocycles. The molecule has 0 aliphatic carbocycles. The van der Waals surface area contributed by atoms with Crippen molar-refractivity contribution in [2.45, 2.75) is 6.54 Å². The van der Waals surface area contributed by atoms with E-state index in [9.17, 15) is 0 Å². The van der Waals surface area contributed by atoms with Crippen LogP contribution in [0, 0.1) is 0 Å². The number of hydrogen-bond acceptors (Lipinski definition) is 5. The van der Waals surface area contributed by atoms with Crippen molar-refractivity contribution in [1.29, 1.82) is 0 Å². The summed E-state index contributed by atoms with van der Waals surface area (Å²) < 4.78 is 5.40. The number of rotatable bonds is 3. The van der Waals surface area contributed by atoms with Gasteiger partial charge < -0.3 is 10.5 Å². The zero-order valence-electron chi connectivity index (χ0n) is 8.30. The van der Waals surface area contributed by atoms with Crippen molar-refractivity contribution in [3.05, 3.63) is 41.3 Å². The Morgan fingerprint density at radius 1 is 1.25 bits per heavy atom. The van der Waals surface area contributed by atoms with Crippen LogP contribution in [0.4, 0.5) is 0 Å². The van der Waals surface area contributed by atoms with Crippen LogP contribution in [0.25, 0.3) is 0 Å². The second-order valence-electron chi connectivity index (χ2n) is 3.01. The molecule has 2 heterocycles. The second-order valence-corrected chi connectivity index (χ2v) is 3.44.